The first-order chi connectivity index (χ1) is 10.0. The number of nitrogens with one attached hydrogen (secondary N) is 1. The molecule has 0 atom stereocenters. The molecule has 2 aromatic carbocycles. The minimum Gasteiger partial charge on any atom is -0.490 e. The Hall–Kier alpha value is -1.27. The maximum atomic E-state index is 13.8. The Morgan fingerprint density at radius 1 is 1.19 bits per heavy atom. The summed E-state index contributed by atoms with van der Waals surface area (Å²) in [6.45, 7) is 2.42. The first-order valence-electron chi connectivity index (χ1n) is 6.45. The molecular weight excluding hydrogens is 403 g/mol. The molecule has 0 fully saturated rings. The first kappa shape index (κ1) is 16.1. The van der Waals surface area contributed by atoms with Crippen LogP contribution < -0.4 is 15.8 Å². The van der Waals surface area contributed by atoms with Crippen LogP contribution in [-0.4, -0.2) is 6.61 Å². The Labute approximate surface area is 139 Å². The average molecular weight is 418 g/mol. The predicted octanol–water partition coefficient (Wildman–Crippen LogP) is 5.47. The number of benzene rings is 2. The zero-order valence-corrected chi connectivity index (χ0v) is 14.6. The van der Waals surface area contributed by atoms with E-state index in [-0.39, 0.29) is 5.75 Å². The van der Waals surface area contributed by atoms with Crippen LogP contribution in [0, 0.1) is 5.82 Å². The number of hydrogen-bond acceptors (Lipinski definition) is 3. The molecule has 0 heterocycles. The molecule has 2 aromatic rings. The van der Waals surface area contributed by atoms with Gasteiger partial charge >= 0.3 is 0 Å². The van der Waals surface area contributed by atoms with Crippen LogP contribution >= 0.6 is 31.9 Å². The third-order valence-electron chi connectivity index (χ3n) is 2.76. The molecular formula is C15H15Br2FN2O. The molecule has 0 radical (unpaired) electrons. The summed E-state index contributed by atoms with van der Waals surface area (Å²) >= 11 is 6.87. The standard InChI is InChI=1S/C15H15Br2FN2O/c1-2-5-21-15-8-14(12(19)7-11(15)18)20-13-6-9(16)3-4-10(13)17/h3-4,6-8,20H,2,5,19H2,1H3. The van der Waals surface area contributed by atoms with Gasteiger partial charge in [-0.05, 0) is 40.5 Å². The largest absolute Gasteiger partial charge is 0.490 e. The molecule has 21 heavy (non-hydrogen) atoms. The molecule has 3 nitrogen and oxygen atoms in total. The molecule has 0 aliphatic rings. The zero-order chi connectivity index (χ0) is 15.4. The van der Waals surface area contributed by atoms with E-state index in [1.54, 1.807) is 6.07 Å². The molecule has 3 N–H and O–H groups in total. The second-order valence-corrected chi connectivity index (χ2v) is 6.24. The van der Waals surface area contributed by atoms with Crippen LogP contribution in [0.5, 0.6) is 5.75 Å². The van der Waals surface area contributed by atoms with Crippen molar-refractivity contribution in [3.63, 3.8) is 0 Å². The van der Waals surface area contributed by atoms with Gasteiger partial charge in [0, 0.05) is 21.1 Å². The minimum atomic E-state index is -0.459. The van der Waals surface area contributed by atoms with Crippen LogP contribution in [0.25, 0.3) is 0 Å². The number of halogens is 3. The summed E-state index contributed by atoms with van der Waals surface area (Å²) in [7, 11) is 0. The van der Waals surface area contributed by atoms with E-state index in [9.17, 15) is 4.39 Å². The summed E-state index contributed by atoms with van der Waals surface area (Å²) in [6.07, 6.45) is 0.809. The highest BCUT2D eigenvalue weighted by atomic mass is 79.9. The molecule has 6 heteroatoms. The molecule has 0 aromatic heterocycles. The smallest absolute Gasteiger partial charge is 0.167 e. The number of rotatable bonds is 5. The van der Waals surface area contributed by atoms with Gasteiger partial charge in [-0.3, -0.25) is 0 Å². The van der Waals surface area contributed by atoms with E-state index in [0.29, 0.717) is 18.0 Å². The lowest BCUT2D eigenvalue weighted by molar-refractivity contribution is 0.301. The topological polar surface area (TPSA) is 47.3 Å². The van der Waals surface area contributed by atoms with Crippen molar-refractivity contribution in [2.45, 2.75) is 13.3 Å². The molecule has 0 spiro atoms. The Morgan fingerprint density at radius 3 is 2.67 bits per heavy atom. The van der Waals surface area contributed by atoms with Gasteiger partial charge in [0.25, 0.3) is 0 Å². The summed E-state index contributed by atoms with van der Waals surface area (Å²) in [5.41, 5.74) is 7.61. The second kappa shape index (κ2) is 7.13. The van der Waals surface area contributed by atoms with Gasteiger partial charge in [-0.1, -0.05) is 22.9 Å². The molecule has 0 aliphatic heterocycles. The Kier molecular flexibility index (Phi) is 5.47. The number of anilines is 3. The van der Waals surface area contributed by atoms with E-state index in [2.05, 4.69) is 37.2 Å². The van der Waals surface area contributed by atoms with Gasteiger partial charge in [-0.25, -0.2) is 4.39 Å². The van der Waals surface area contributed by atoms with Gasteiger partial charge in [-0.15, -0.1) is 0 Å². The highest BCUT2D eigenvalue weighted by Crippen LogP contribution is 2.34. The monoisotopic (exact) mass is 416 g/mol. The van der Waals surface area contributed by atoms with Crippen molar-refractivity contribution in [3.8, 4) is 5.75 Å². The second-order valence-electron chi connectivity index (χ2n) is 4.47. The maximum Gasteiger partial charge on any atom is 0.167 e. The lowest BCUT2D eigenvalue weighted by Gasteiger charge is -2.14. The van der Waals surface area contributed by atoms with Gasteiger partial charge in [0.15, 0.2) is 11.6 Å². The van der Waals surface area contributed by atoms with Crippen LogP contribution in [0.4, 0.5) is 21.5 Å². The van der Waals surface area contributed by atoms with Gasteiger partial charge in [-0.2, -0.15) is 0 Å². The normalized spacial score (nSPS) is 10.5. The SMILES string of the molecule is CCCOc1cc(Nc2cc(Br)ccc2Br)c(N)cc1F. The van der Waals surface area contributed by atoms with Crippen molar-refractivity contribution in [1.82, 2.24) is 0 Å². The molecule has 0 unspecified atom stereocenters. The summed E-state index contributed by atoms with van der Waals surface area (Å²) in [4.78, 5) is 0. The molecule has 0 saturated carbocycles. The fourth-order valence-corrected chi connectivity index (χ4v) is 2.44. The lowest BCUT2D eigenvalue weighted by atomic mass is 10.2. The maximum absolute atomic E-state index is 13.8. The lowest BCUT2D eigenvalue weighted by Crippen LogP contribution is -2.02. The molecule has 0 aliphatic carbocycles. The number of hydrogen-bond donors (Lipinski definition) is 2. The quantitative estimate of drug-likeness (QED) is 0.634. The van der Waals surface area contributed by atoms with E-state index in [0.717, 1.165) is 21.1 Å². The van der Waals surface area contributed by atoms with E-state index in [1.165, 1.54) is 6.07 Å². The van der Waals surface area contributed by atoms with Crippen LogP contribution in [0.15, 0.2) is 39.3 Å². The van der Waals surface area contributed by atoms with Gasteiger partial charge < -0.3 is 15.8 Å². The summed E-state index contributed by atoms with van der Waals surface area (Å²) in [5, 5.41) is 3.18. The Bertz CT molecular complexity index is 650. The van der Waals surface area contributed by atoms with Crippen LogP contribution in [-0.2, 0) is 0 Å². The van der Waals surface area contributed by atoms with Crippen molar-refractivity contribution < 1.29 is 9.13 Å². The average Bonchev–Trinajstić information content (AvgIpc) is 2.44. The van der Waals surface area contributed by atoms with Crippen LogP contribution in [0.2, 0.25) is 0 Å². The highest BCUT2D eigenvalue weighted by Gasteiger charge is 2.11. The molecule has 0 bridgehead atoms. The first-order valence-corrected chi connectivity index (χ1v) is 8.03. The van der Waals surface area contributed by atoms with Crippen molar-refractivity contribution in [3.05, 3.63) is 45.1 Å². The van der Waals surface area contributed by atoms with Crippen molar-refractivity contribution >= 4 is 48.9 Å². The predicted molar refractivity (Wildman–Crippen MR) is 91.7 cm³/mol. The van der Waals surface area contributed by atoms with Crippen LogP contribution in [0.3, 0.4) is 0 Å². The fraction of sp³-hybridized carbons (Fsp3) is 0.200. The van der Waals surface area contributed by atoms with Gasteiger partial charge in [0.2, 0.25) is 0 Å². The third-order valence-corrected chi connectivity index (χ3v) is 3.95. The van der Waals surface area contributed by atoms with Crippen molar-refractivity contribution in [2.24, 2.45) is 0 Å². The van der Waals surface area contributed by atoms with Crippen molar-refractivity contribution in [2.75, 3.05) is 17.7 Å². The van der Waals surface area contributed by atoms with E-state index >= 15 is 0 Å². The molecule has 0 amide bonds. The molecule has 0 saturated heterocycles. The summed E-state index contributed by atoms with van der Waals surface area (Å²) < 4.78 is 21.0. The van der Waals surface area contributed by atoms with E-state index < -0.39 is 5.82 Å². The summed E-state index contributed by atoms with van der Waals surface area (Å²) in [5.74, 6) is -0.264. The third kappa shape index (κ3) is 4.11. The number of nitrogen functional groups attached to an aromatic ring is 1. The number of ether oxygens (including phenoxy) is 1. The highest BCUT2D eigenvalue weighted by molar-refractivity contribution is 9.11. The van der Waals surface area contributed by atoms with Crippen molar-refractivity contribution in [1.29, 1.82) is 0 Å². The zero-order valence-electron chi connectivity index (χ0n) is 11.4. The van der Waals surface area contributed by atoms with Gasteiger partial charge in [0.05, 0.1) is 23.7 Å². The summed E-state index contributed by atoms with van der Waals surface area (Å²) in [6, 6.07) is 8.56. The van der Waals surface area contributed by atoms with E-state index in [4.69, 9.17) is 10.5 Å². The Balaban J connectivity index is 2.32. The number of nitrogens with two attached hydrogens (primary N) is 1. The molecule has 112 valence electrons. The minimum absolute atomic E-state index is 0.194. The van der Waals surface area contributed by atoms with Gasteiger partial charge in [0.1, 0.15) is 0 Å². The molecule has 2 rings (SSSR count). The van der Waals surface area contributed by atoms with E-state index in [1.807, 2.05) is 25.1 Å². The Morgan fingerprint density at radius 2 is 1.95 bits per heavy atom. The fourth-order valence-electron chi connectivity index (χ4n) is 1.74. The van der Waals surface area contributed by atoms with Crippen LogP contribution in [0.1, 0.15) is 13.3 Å².